The minimum atomic E-state index is -0.131. The van der Waals surface area contributed by atoms with Gasteiger partial charge in [0, 0.05) is 19.0 Å². The molecule has 1 aliphatic carbocycles. The first kappa shape index (κ1) is 12.8. The van der Waals surface area contributed by atoms with Crippen molar-refractivity contribution in [3.63, 3.8) is 0 Å². The van der Waals surface area contributed by atoms with E-state index < -0.39 is 0 Å². The molecule has 1 N–H and O–H groups in total. The average Bonchev–Trinajstić information content (AvgIpc) is 3.10. The molecule has 0 aromatic heterocycles. The van der Waals surface area contributed by atoms with Crippen LogP contribution in [0.1, 0.15) is 34.7 Å². The van der Waals surface area contributed by atoms with Gasteiger partial charge < -0.3 is 10.1 Å². The van der Waals surface area contributed by atoms with E-state index in [1.54, 1.807) is 12.1 Å². The summed E-state index contributed by atoms with van der Waals surface area (Å²) in [5.74, 6) is 0.897. The van der Waals surface area contributed by atoms with Crippen molar-refractivity contribution in [3.05, 3.63) is 64.5 Å². The Morgan fingerprint density at radius 2 is 2.05 bits per heavy atom. The molecule has 0 saturated carbocycles. The Bertz CT molecular complexity index is 683. The molecule has 0 fully saturated rings. The molecule has 1 aliphatic heterocycles. The lowest BCUT2D eigenvalue weighted by Gasteiger charge is -2.14. The van der Waals surface area contributed by atoms with Crippen molar-refractivity contribution < 1.29 is 9.13 Å². The zero-order valence-electron chi connectivity index (χ0n) is 11.9. The second kappa shape index (κ2) is 5.15. The summed E-state index contributed by atoms with van der Waals surface area (Å²) in [6.07, 6.45) is 3.02. The summed E-state index contributed by atoms with van der Waals surface area (Å²) >= 11 is 0. The molecule has 0 spiro atoms. The predicted octanol–water partition coefficient (Wildman–Crippen LogP) is 3.54. The molecular formula is C18H18FNO. The highest BCUT2D eigenvalue weighted by molar-refractivity contribution is 5.40. The van der Waals surface area contributed by atoms with Crippen molar-refractivity contribution >= 4 is 0 Å². The minimum Gasteiger partial charge on any atom is -0.493 e. The molecule has 1 heterocycles. The third-order valence-electron chi connectivity index (χ3n) is 4.49. The molecule has 1 atom stereocenters. The van der Waals surface area contributed by atoms with E-state index in [0.29, 0.717) is 6.04 Å². The van der Waals surface area contributed by atoms with E-state index in [1.807, 2.05) is 6.07 Å². The summed E-state index contributed by atoms with van der Waals surface area (Å²) in [4.78, 5) is 0. The number of hydrogen-bond acceptors (Lipinski definition) is 2. The van der Waals surface area contributed by atoms with Crippen LogP contribution in [0.25, 0.3) is 0 Å². The van der Waals surface area contributed by atoms with Crippen LogP contribution in [0.2, 0.25) is 0 Å². The van der Waals surface area contributed by atoms with Gasteiger partial charge >= 0.3 is 0 Å². The molecule has 0 radical (unpaired) electrons. The van der Waals surface area contributed by atoms with Crippen LogP contribution in [0, 0.1) is 5.82 Å². The molecule has 0 bridgehead atoms. The summed E-state index contributed by atoms with van der Waals surface area (Å²) < 4.78 is 18.8. The highest BCUT2D eigenvalue weighted by Gasteiger charge is 2.22. The summed E-state index contributed by atoms with van der Waals surface area (Å²) in [5.41, 5.74) is 4.99. The van der Waals surface area contributed by atoms with Gasteiger partial charge in [0.1, 0.15) is 11.6 Å². The molecule has 108 valence electrons. The fourth-order valence-electron chi connectivity index (χ4n) is 3.39. The summed E-state index contributed by atoms with van der Waals surface area (Å²) in [6.45, 7) is 1.64. The second-order valence-corrected chi connectivity index (χ2v) is 5.86. The van der Waals surface area contributed by atoms with Crippen LogP contribution in [0.15, 0.2) is 36.4 Å². The third-order valence-corrected chi connectivity index (χ3v) is 4.49. The van der Waals surface area contributed by atoms with Crippen LogP contribution in [0.5, 0.6) is 5.75 Å². The van der Waals surface area contributed by atoms with Crippen LogP contribution in [-0.2, 0) is 19.4 Å². The maximum absolute atomic E-state index is 13.2. The Kier molecular flexibility index (Phi) is 3.15. The number of nitrogens with one attached hydrogen (secondary N) is 1. The number of aryl methyl sites for hydroxylation is 1. The number of hydrogen-bond donors (Lipinski definition) is 1. The third kappa shape index (κ3) is 2.42. The molecule has 2 nitrogen and oxygen atoms in total. The number of ether oxygens (including phenoxy) is 1. The largest absolute Gasteiger partial charge is 0.493 e. The van der Waals surface area contributed by atoms with Crippen LogP contribution in [-0.4, -0.2) is 6.61 Å². The Morgan fingerprint density at radius 1 is 1.10 bits per heavy atom. The van der Waals surface area contributed by atoms with E-state index >= 15 is 0 Å². The summed E-state index contributed by atoms with van der Waals surface area (Å²) in [5, 5.41) is 3.60. The highest BCUT2D eigenvalue weighted by atomic mass is 19.1. The quantitative estimate of drug-likeness (QED) is 0.930. The Balaban J connectivity index is 1.46. The molecule has 2 aromatic carbocycles. The maximum Gasteiger partial charge on any atom is 0.123 e. The van der Waals surface area contributed by atoms with Gasteiger partial charge in [-0.1, -0.05) is 18.2 Å². The van der Waals surface area contributed by atoms with Gasteiger partial charge in [-0.25, -0.2) is 4.39 Å². The monoisotopic (exact) mass is 283 g/mol. The Hall–Kier alpha value is -1.87. The molecule has 0 amide bonds. The number of halogens is 1. The van der Waals surface area contributed by atoms with Crippen molar-refractivity contribution in [3.8, 4) is 5.75 Å². The van der Waals surface area contributed by atoms with Crippen molar-refractivity contribution in [2.45, 2.75) is 31.8 Å². The lowest BCUT2D eigenvalue weighted by Crippen LogP contribution is -2.18. The van der Waals surface area contributed by atoms with Crippen molar-refractivity contribution in [1.82, 2.24) is 5.32 Å². The van der Waals surface area contributed by atoms with Gasteiger partial charge in [-0.15, -0.1) is 0 Å². The molecule has 0 saturated heterocycles. The fourth-order valence-corrected chi connectivity index (χ4v) is 3.39. The van der Waals surface area contributed by atoms with Crippen LogP contribution in [0.3, 0.4) is 0 Å². The van der Waals surface area contributed by atoms with E-state index in [0.717, 1.165) is 43.7 Å². The number of rotatable bonds is 3. The molecule has 3 heteroatoms. The topological polar surface area (TPSA) is 21.3 Å². The molecule has 2 aromatic rings. The molecule has 4 rings (SSSR count). The van der Waals surface area contributed by atoms with Crippen molar-refractivity contribution in [1.29, 1.82) is 0 Å². The summed E-state index contributed by atoms with van der Waals surface area (Å²) in [6, 6.07) is 11.9. The van der Waals surface area contributed by atoms with Crippen molar-refractivity contribution in [2.75, 3.05) is 6.61 Å². The van der Waals surface area contributed by atoms with Gasteiger partial charge in [0.25, 0.3) is 0 Å². The van der Waals surface area contributed by atoms with Gasteiger partial charge in [-0.05, 0) is 53.3 Å². The SMILES string of the molecule is Fc1ccc2c(c1)CC[C@H]2NCc1ccc2c(c1)CCO2. The number of fused-ring (bicyclic) bond motifs is 2. The predicted molar refractivity (Wildman–Crippen MR) is 79.9 cm³/mol. The normalized spacial score (nSPS) is 19.2. The molecule has 2 aliphatic rings. The first-order chi connectivity index (χ1) is 10.3. The van der Waals surface area contributed by atoms with Crippen LogP contribution in [0.4, 0.5) is 4.39 Å². The van der Waals surface area contributed by atoms with Gasteiger partial charge in [-0.3, -0.25) is 0 Å². The smallest absolute Gasteiger partial charge is 0.123 e. The van der Waals surface area contributed by atoms with Gasteiger partial charge in [-0.2, -0.15) is 0 Å². The standard InChI is InChI=1S/C18H18FNO/c19-15-3-4-16-13(10-15)2-5-17(16)20-11-12-1-6-18-14(9-12)7-8-21-18/h1,3-4,6,9-10,17,20H,2,5,7-8,11H2/t17-/m1/s1. The lowest BCUT2D eigenvalue weighted by atomic mass is 10.1. The van der Waals surface area contributed by atoms with E-state index in [2.05, 4.69) is 23.5 Å². The average molecular weight is 283 g/mol. The van der Waals surface area contributed by atoms with Gasteiger partial charge in [0.15, 0.2) is 0 Å². The van der Waals surface area contributed by atoms with Gasteiger partial charge in [0.2, 0.25) is 0 Å². The second-order valence-electron chi connectivity index (χ2n) is 5.86. The Morgan fingerprint density at radius 3 is 3.00 bits per heavy atom. The first-order valence-electron chi connectivity index (χ1n) is 7.56. The molecular weight excluding hydrogens is 265 g/mol. The molecule has 0 unspecified atom stereocenters. The molecule has 21 heavy (non-hydrogen) atoms. The zero-order valence-corrected chi connectivity index (χ0v) is 11.9. The highest BCUT2D eigenvalue weighted by Crippen LogP contribution is 2.32. The van der Waals surface area contributed by atoms with E-state index in [9.17, 15) is 4.39 Å². The minimum absolute atomic E-state index is 0.131. The zero-order chi connectivity index (χ0) is 14.2. The van der Waals surface area contributed by atoms with Crippen LogP contribution < -0.4 is 10.1 Å². The summed E-state index contributed by atoms with van der Waals surface area (Å²) in [7, 11) is 0. The van der Waals surface area contributed by atoms with Crippen LogP contribution >= 0.6 is 0 Å². The first-order valence-corrected chi connectivity index (χ1v) is 7.56. The van der Waals surface area contributed by atoms with E-state index in [4.69, 9.17) is 4.74 Å². The van der Waals surface area contributed by atoms with Gasteiger partial charge in [0.05, 0.1) is 6.61 Å². The maximum atomic E-state index is 13.2. The Labute approximate surface area is 123 Å². The van der Waals surface area contributed by atoms with E-state index in [1.165, 1.54) is 16.7 Å². The lowest BCUT2D eigenvalue weighted by molar-refractivity contribution is 0.357. The fraction of sp³-hybridized carbons (Fsp3) is 0.333. The number of benzene rings is 2. The van der Waals surface area contributed by atoms with Crippen molar-refractivity contribution in [2.24, 2.45) is 0 Å². The van der Waals surface area contributed by atoms with E-state index in [-0.39, 0.29) is 5.82 Å².